The number of para-hydroxylation sites is 1. The third-order valence-electron chi connectivity index (χ3n) is 4.14. The van der Waals surface area contributed by atoms with Crippen LogP contribution in [0.5, 0.6) is 0 Å². The molecule has 0 bridgehead atoms. The van der Waals surface area contributed by atoms with Gasteiger partial charge < -0.3 is 5.32 Å². The van der Waals surface area contributed by atoms with Crippen LogP contribution in [0.25, 0.3) is 16.9 Å². The van der Waals surface area contributed by atoms with Crippen LogP contribution >= 0.6 is 0 Å². The van der Waals surface area contributed by atoms with E-state index in [1.807, 2.05) is 74.5 Å². The monoisotopic (exact) mass is 334 g/mol. The van der Waals surface area contributed by atoms with Crippen molar-refractivity contribution in [1.29, 1.82) is 0 Å². The molecule has 2 aromatic carbocycles. The summed E-state index contributed by atoms with van der Waals surface area (Å²) < 4.78 is 1.79. The zero-order chi connectivity index (χ0) is 17.6. The Morgan fingerprint density at radius 3 is 2.36 bits per heavy atom. The van der Waals surface area contributed by atoms with Crippen molar-refractivity contribution in [2.75, 3.05) is 0 Å². The molecule has 5 nitrogen and oxygen atoms in total. The first kappa shape index (κ1) is 16.9. The molecule has 1 N–H and O–H groups in total. The van der Waals surface area contributed by atoms with Crippen molar-refractivity contribution in [1.82, 2.24) is 20.3 Å². The number of rotatable bonds is 6. The number of nitrogens with zero attached hydrogens (tertiary/aromatic N) is 3. The molecule has 0 aliphatic heterocycles. The largest absolute Gasteiger partial charge is 0.353 e. The van der Waals surface area contributed by atoms with Crippen LogP contribution < -0.4 is 5.32 Å². The highest BCUT2D eigenvalue weighted by Crippen LogP contribution is 2.25. The van der Waals surface area contributed by atoms with Gasteiger partial charge in [-0.3, -0.25) is 4.79 Å². The summed E-state index contributed by atoms with van der Waals surface area (Å²) in [5.41, 5.74) is 3.44. The van der Waals surface area contributed by atoms with E-state index < -0.39 is 0 Å². The summed E-state index contributed by atoms with van der Waals surface area (Å²) in [6, 6.07) is 19.9. The fourth-order valence-electron chi connectivity index (χ4n) is 2.65. The first-order valence-electron chi connectivity index (χ1n) is 8.53. The molecule has 1 unspecified atom stereocenters. The van der Waals surface area contributed by atoms with Gasteiger partial charge in [0.15, 0.2) is 0 Å². The van der Waals surface area contributed by atoms with Crippen LogP contribution in [0, 0.1) is 0 Å². The number of carbonyl (C=O) groups excluding carboxylic acids is 1. The molecule has 3 aromatic rings. The van der Waals surface area contributed by atoms with Crippen molar-refractivity contribution < 1.29 is 4.79 Å². The highest BCUT2D eigenvalue weighted by Gasteiger charge is 2.19. The molecule has 1 aromatic heterocycles. The lowest BCUT2D eigenvalue weighted by Gasteiger charge is -2.11. The molecule has 5 heteroatoms. The number of hydrogen-bond donors (Lipinski definition) is 1. The van der Waals surface area contributed by atoms with Crippen LogP contribution in [0.15, 0.2) is 60.7 Å². The Labute approximate surface area is 147 Å². The zero-order valence-electron chi connectivity index (χ0n) is 14.5. The molecule has 25 heavy (non-hydrogen) atoms. The minimum atomic E-state index is -0.0355. The first-order valence-corrected chi connectivity index (χ1v) is 8.53. The lowest BCUT2D eigenvalue weighted by molar-refractivity contribution is -0.121. The quantitative estimate of drug-likeness (QED) is 0.752. The van der Waals surface area contributed by atoms with Crippen molar-refractivity contribution in [3.8, 4) is 16.9 Å². The van der Waals surface area contributed by atoms with Crippen LogP contribution in [0.3, 0.4) is 0 Å². The van der Waals surface area contributed by atoms with Gasteiger partial charge in [-0.15, -0.1) is 5.10 Å². The maximum absolute atomic E-state index is 12.3. The zero-order valence-corrected chi connectivity index (χ0v) is 14.5. The van der Waals surface area contributed by atoms with Crippen LogP contribution in [-0.2, 0) is 11.2 Å². The van der Waals surface area contributed by atoms with E-state index in [0.717, 1.165) is 23.4 Å². The summed E-state index contributed by atoms with van der Waals surface area (Å²) in [5.74, 6) is -0.0355. The van der Waals surface area contributed by atoms with Crippen LogP contribution in [-0.4, -0.2) is 26.9 Å². The molecule has 0 saturated heterocycles. The van der Waals surface area contributed by atoms with Gasteiger partial charge in [0, 0.05) is 11.6 Å². The fraction of sp³-hybridized carbons (Fsp3) is 0.250. The van der Waals surface area contributed by atoms with E-state index in [9.17, 15) is 4.79 Å². The topological polar surface area (TPSA) is 59.8 Å². The predicted molar refractivity (Wildman–Crippen MR) is 98.4 cm³/mol. The second-order valence-corrected chi connectivity index (χ2v) is 6.05. The molecule has 1 heterocycles. The van der Waals surface area contributed by atoms with Gasteiger partial charge in [-0.2, -0.15) is 0 Å². The van der Waals surface area contributed by atoms with Gasteiger partial charge in [0.2, 0.25) is 5.91 Å². The van der Waals surface area contributed by atoms with Gasteiger partial charge >= 0.3 is 0 Å². The van der Waals surface area contributed by atoms with Gasteiger partial charge in [0.05, 0.1) is 17.8 Å². The molecule has 0 aliphatic carbocycles. The Kier molecular flexibility index (Phi) is 5.23. The fourth-order valence-corrected chi connectivity index (χ4v) is 2.65. The maximum atomic E-state index is 12.3. The molecule has 0 spiro atoms. The highest BCUT2D eigenvalue weighted by atomic mass is 16.1. The third-order valence-corrected chi connectivity index (χ3v) is 4.14. The molecular formula is C20H22N4O. The second-order valence-electron chi connectivity index (χ2n) is 6.05. The van der Waals surface area contributed by atoms with E-state index in [1.54, 1.807) is 4.68 Å². The van der Waals surface area contributed by atoms with E-state index in [-0.39, 0.29) is 18.4 Å². The third kappa shape index (κ3) is 3.94. The molecule has 3 rings (SSSR count). The smallest absolute Gasteiger partial charge is 0.226 e. The minimum Gasteiger partial charge on any atom is -0.353 e. The van der Waals surface area contributed by atoms with Crippen molar-refractivity contribution in [2.45, 2.75) is 32.7 Å². The van der Waals surface area contributed by atoms with Gasteiger partial charge in [0.1, 0.15) is 5.69 Å². The van der Waals surface area contributed by atoms with E-state index in [4.69, 9.17) is 0 Å². The van der Waals surface area contributed by atoms with Gasteiger partial charge in [-0.1, -0.05) is 60.7 Å². The van der Waals surface area contributed by atoms with E-state index in [1.165, 1.54) is 0 Å². The average molecular weight is 334 g/mol. The van der Waals surface area contributed by atoms with Gasteiger partial charge in [-0.05, 0) is 25.5 Å². The molecule has 0 fully saturated rings. The molecule has 1 atom stereocenters. The molecule has 0 radical (unpaired) electrons. The van der Waals surface area contributed by atoms with Crippen molar-refractivity contribution in [2.24, 2.45) is 0 Å². The Morgan fingerprint density at radius 2 is 1.72 bits per heavy atom. The van der Waals surface area contributed by atoms with Crippen LogP contribution in [0.2, 0.25) is 0 Å². The predicted octanol–water partition coefficient (Wildman–Crippen LogP) is 3.39. The summed E-state index contributed by atoms with van der Waals surface area (Å²) in [5, 5.41) is 11.6. The molecule has 0 aliphatic rings. The average Bonchev–Trinajstić information content (AvgIpc) is 3.06. The summed E-state index contributed by atoms with van der Waals surface area (Å²) in [7, 11) is 0. The Balaban J connectivity index is 1.99. The number of benzene rings is 2. The Bertz CT molecular complexity index is 827. The number of carbonyl (C=O) groups is 1. The molecular weight excluding hydrogens is 312 g/mol. The molecule has 1 amide bonds. The van der Waals surface area contributed by atoms with Crippen molar-refractivity contribution >= 4 is 5.91 Å². The normalized spacial score (nSPS) is 11.9. The summed E-state index contributed by atoms with van der Waals surface area (Å²) in [6.07, 6.45) is 1.11. The van der Waals surface area contributed by atoms with Gasteiger partial charge in [-0.25, -0.2) is 4.68 Å². The first-order chi connectivity index (χ1) is 12.2. The number of aromatic nitrogens is 3. The molecule has 128 valence electrons. The number of nitrogens with one attached hydrogen (secondary N) is 1. The van der Waals surface area contributed by atoms with Crippen molar-refractivity contribution in [3.63, 3.8) is 0 Å². The summed E-state index contributed by atoms with van der Waals surface area (Å²) >= 11 is 0. The molecule has 0 saturated carbocycles. The Morgan fingerprint density at radius 1 is 1.08 bits per heavy atom. The second kappa shape index (κ2) is 7.75. The lowest BCUT2D eigenvalue weighted by Crippen LogP contribution is -2.33. The SMILES string of the molecule is CCC(C)NC(=O)Cc1nnn(-c2ccccc2)c1-c1ccccc1. The lowest BCUT2D eigenvalue weighted by atomic mass is 10.1. The summed E-state index contributed by atoms with van der Waals surface area (Å²) in [4.78, 5) is 12.3. The standard InChI is InChI=1S/C20H22N4O/c1-3-15(2)21-19(25)14-18-20(16-10-6-4-7-11-16)24(23-22-18)17-12-8-5-9-13-17/h4-13,15H,3,14H2,1-2H3,(H,21,25). The number of amides is 1. The van der Waals surface area contributed by atoms with Gasteiger partial charge in [0.25, 0.3) is 0 Å². The van der Waals surface area contributed by atoms with E-state index >= 15 is 0 Å². The van der Waals surface area contributed by atoms with Crippen molar-refractivity contribution in [3.05, 3.63) is 66.4 Å². The minimum absolute atomic E-state index is 0.0355. The summed E-state index contributed by atoms with van der Waals surface area (Å²) in [6.45, 7) is 4.04. The van der Waals surface area contributed by atoms with E-state index in [2.05, 4.69) is 15.6 Å². The Hall–Kier alpha value is -2.95. The number of hydrogen-bond acceptors (Lipinski definition) is 3. The maximum Gasteiger partial charge on any atom is 0.226 e. The van der Waals surface area contributed by atoms with E-state index in [0.29, 0.717) is 5.69 Å². The van der Waals surface area contributed by atoms with Crippen LogP contribution in [0.4, 0.5) is 0 Å². The highest BCUT2D eigenvalue weighted by molar-refractivity contribution is 5.81. The van der Waals surface area contributed by atoms with Crippen LogP contribution in [0.1, 0.15) is 26.0 Å².